The fourth-order valence-electron chi connectivity index (χ4n) is 2.90. The normalized spacial score (nSPS) is 14.0. The van der Waals surface area contributed by atoms with Crippen molar-refractivity contribution in [3.63, 3.8) is 0 Å². The van der Waals surface area contributed by atoms with Gasteiger partial charge in [0.25, 0.3) is 0 Å². The van der Waals surface area contributed by atoms with E-state index in [4.69, 9.17) is 13.9 Å². The number of halogens is 2. The maximum atomic E-state index is 13.5. The Bertz CT molecular complexity index is 1120. The number of benzene rings is 2. The Morgan fingerprint density at radius 1 is 1.25 bits per heavy atom. The topological polar surface area (TPSA) is 48.7 Å². The zero-order chi connectivity index (χ0) is 19.7. The van der Waals surface area contributed by atoms with Crippen molar-refractivity contribution in [2.45, 2.75) is 12.8 Å². The largest absolute Gasteiger partial charge is 0.493 e. The van der Waals surface area contributed by atoms with E-state index in [2.05, 4.69) is 0 Å². The van der Waals surface area contributed by atoms with Crippen molar-refractivity contribution in [1.82, 2.24) is 0 Å². The third kappa shape index (κ3) is 3.92. The minimum absolute atomic E-state index is 0.183. The monoisotopic (exact) mass is 492 g/mol. The molecule has 0 unspecified atom stereocenters. The van der Waals surface area contributed by atoms with Crippen LogP contribution in [0.5, 0.6) is 11.5 Å². The van der Waals surface area contributed by atoms with Gasteiger partial charge in [0.2, 0.25) is 5.43 Å². The summed E-state index contributed by atoms with van der Waals surface area (Å²) in [7, 11) is 1.60. The third-order valence-corrected chi connectivity index (χ3v) is 5.65. The number of hydrogen-bond acceptors (Lipinski definition) is 4. The van der Waals surface area contributed by atoms with Gasteiger partial charge in [-0.25, -0.2) is 4.39 Å². The summed E-state index contributed by atoms with van der Waals surface area (Å²) in [6, 6.07) is 9.55. The molecule has 4 nitrogen and oxygen atoms in total. The van der Waals surface area contributed by atoms with Gasteiger partial charge in [0.1, 0.15) is 20.7 Å². The highest BCUT2D eigenvalue weighted by molar-refractivity contribution is 14.1. The number of para-hydroxylation sites is 1. The first-order valence-electron chi connectivity index (χ1n) is 8.96. The Morgan fingerprint density at radius 2 is 2.07 bits per heavy atom. The Morgan fingerprint density at radius 3 is 2.82 bits per heavy atom. The van der Waals surface area contributed by atoms with Gasteiger partial charge >= 0.3 is 0 Å². The van der Waals surface area contributed by atoms with Gasteiger partial charge < -0.3 is 13.9 Å². The molecule has 1 fully saturated rings. The summed E-state index contributed by atoms with van der Waals surface area (Å²) in [4.78, 5) is 12.6. The van der Waals surface area contributed by atoms with E-state index < -0.39 is 5.82 Å². The molecule has 1 aromatic heterocycles. The summed E-state index contributed by atoms with van der Waals surface area (Å²) in [6.45, 7) is 0.656. The summed E-state index contributed by atoms with van der Waals surface area (Å²) in [5, 5.41) is 0.359. The first-order valence-corrected chi connectivity index (χ1v) is 10.0. The molecule has 3 aromatic rings. The number of hydrogen-bond donors (Lipinski definition) is 0. The van der Waals surface area contributed by atoms with E-state index in [0.717, 1.165) is 5.56 Å². The van der Waals surface area contributed by atoms with Crippen LogP contribution in [-0.2, 0) is 0 Å². The Kier molecular flexibility index (Phi) is 5.39. The molecule has 1 heterocycles. The number of ether oxygens (including phenoxy) is 2. The molecular formula is C22H18FIO4. The van der Waals surface area contributed by atoms with Crippen LogP contribution in [0.25, 0.3) is 23.1 Å². The second kappa shape index (κ2) is 7.95. The second-order valence-corrected chi connectivity index (χ2v) is 7.79. The lowest BCUT2D eigenvalue weighted by Crippen LogP contribution is -2.07. The Balaban J connectivity index is 1.72. The molecule has 144 valence electrons. The van der Waals surface area contributed by atoms with E-state index in [1.54, 1.807) is 13.2 Å². The van der Waals surface area contributed by atoms with Crippen LogP contribution < -0.4 is 14.9 Å². The Hall–Kier alpha value is -2.35. The lowest BCUT2D eigenvalue weighted by Gasteiger charge is -2.13. The highest BCUT2D eigenvalue weighted by Gasteiger charge is 2.23. The SMILES string of the molecule is COc1cccc(/C=C/c2oc3cc(F)ccc3c(=O)c2I)c1OCC1CC1. The van der Waals surface area contributed by atoms with Crippen molar-refractivity contribution in [3.05, 3.63) is 67.3 Å². The predicted octanol–water partition coefficient (Wildman–Crippen LogP) is 5.50. The van der Waals surface area contributed by atoms with E-state index >= 15 is 0 Å². The smallest absolute Gasteiger partial charge is 0.206 e. The first kappa shape index (κ1) is 19.0. The summed E-state index contributed by atoms with van der Waals surface area (Å²) >= 11 is 1.95. The highest BCUT2D eigenvalue weighted by atomic mass is 127. The molecule has 1 aliphatic carbocycles. The molecule has 0 N–H and O–H groups in total. The van der Waals surface area contributed by atoms with E-state index in [9.17, 15) is 9.18 Å². The molecule has 0 bridgehead atoms. The zero-order valence-electron chi connectivity index (χ0n) is 15.2. The molecular weight excluding hydrogens is 474 g/mol. The standard InChI is InChI=1S/C22H18FIO4/c1-26-18-4-2-3-14(22(18)27-12-13-5-6-13)7-10-17-20(24)21(25)16-9-8-15(23)11-19(16)28-17/h2-4,7-11,13H,5-6,12H2,1H3/b10-7+. The van der Waals surface area contributed by atoms with Crippen LogP contribution in [0.15, 0.2) is 45.6 Å². The molecule has 0 radical (unpaired) electrons. The molecule has 1 saturated carbocycles. The number of fused-ring (bicyclic) bond motifs is 1. The number of methoxy groups -OCH3 is 1. The minimum Gasteiger partial charge on any atom is -0.493 e. The molecule has 4 rings (SSSR count). The van der Waals surface area contributed by atoms with Crippen LogP contribution in [0.4, 0.5) is 4.39 Å². The van der Waals surface area contributed by atoms with Crippen molar-refractivity contribution < 1.29 is 18.3 Å². The van der Waals surface area contributed by atoms with Crippen LogP contribution in [0.2, 0.25) is 0 Å². The van der Waals surface area contributed by atoms with E-state index in [1.807, 2.05) is 46.9 Å². The average molecular weight is 492 g/mol. The average Bonchev–Trinajstić information content (AvgIpc) is 3.52. The first-order chi connectivity index (χ1) is 13.6. The van der Waals surface area contributed by atoms with Gasteiger partial charge in [-0.05, 0) is 71.7 Å². The van der Waals surface area contributed by atoms with Crippen molar-refractivity contribution in [2.24, 2.45) is 5.92 Å². The van der Waals surface area contributed by atoms with Crippen molar-refractivity contribution in [3.8, 4) is 11.5 Å². The maximum Gasteiger partial charge on any atom is 0.206 e. The van der Waals surface area contributed by atoms with Gasteiger partial charge in [-0.15, -0.1) is 0 Å². The molecule has 0 atom stereocenters. The molecule has 0 aliphatic heterocycles. The van der Waals surface area contributed by atoms with Gasteiger partial charge in [0.05, 0.1) is 19.1 Å². The van der Waals surface area contributed by atoms with Crippen molar-refractivity contribution >= 4 is 45.7 Å². The van der Waals surface area contributed by atoms with Crippen molar-refractivity contribution in [1.29, 1.82) is 0 Å². The molecule has 1 aliphatic rings. The third-order valence-electron chi connectivity index (χ3n) is 4.63. The Labute approximate surface area is 175 Å². The quantitative estimate of drug-likeness (QED) is 0.427. The van der Waals surface area contributed by atoms with Gasteiger partial charge in [0.15, 0.2) is 11.5 Å². The highest BCUT2D eigenvalue weighted by Crippen LogP contribution is 2.36. The molecule has 28 heavy (non-hydrogen) atoms. The van der Waals surface area contributed by atoms with Crippen LogP contribution in [0, 0.1) is 15.3 Å². The number of rotatable bonds is 6. The predicted molar refractivity (Wildman–Crippen MR) is 115 cm³/mol. The summed E-state index contributed by atoms with van der Waals surface area (Å²) in [5.74, 6) is 1.85. The van der Waals surface area contributed by atoms with Crippen LogP contribution in [0.1, 0.15) is 24.2 Å². The van der Waals surface area contributed by atoms with Gasteiger partial charge in [-0.2, -0.15) is 0 Å². The minimum atomic E-state index is -0.449. The van der Waals surface area contributed by atoms with Crippen LogP contribution in [0.3, 0.4) is 0 Å². The zero-order valence-corrected chi connectivity index (χ0v) is 17.4. The molecule has 0 spiro atoms. The van der Waals surface area contributed by atoms with E-state index in [1.165, 1.54) is 31.0 Å². The summed E-state index contributed by atoms with van der Waals surface area (Å²) < 4.78 is 31.2. The fourth-order valence-corrected chi connectivity index (χ4v) is 3.48. The lowest BCUT2D eigenvalue weighted by atomic mass is 10.1. The second-order valence-electron chi connectivity index (χ2n) is 6.72. The maximum absolute atomic E-state index is 13.5. The molecule has 2 aromatic carbocycles. The van der Waals surface area contributed by atoms with E-state index in [0.29, 0.717) is 38.7 Å². The molecule has 0 amide bonds. The molecule has 0 saturated heterocycles. The van der Waals surface area contributed by atoms with Gasteiger partial charge in [-0.3, -0.25) is 4.79 Å². The fraction of sp³-hybridized carbons (Fsp3) is 0.227. The molecule has 6 heteroatoms. The van der Waals surface area contributed by atoms with Gasteiger partial charge in [-0.1, -0.05) is 12.1 Å². The van der Waals surface area contributed by atoms with Gasteiger partial charge in [0, 0.05) is 11.6 Å². The summed E-state index contributed by atoms with van der Waals surface area (Å²) in [6.07, 6.45) is 5.90. The van der Waals surface area contributed by atoms with Crippen LogP contribution >= 0.6 is 22.6 Å². The summed E-state index contributed by atoms with van der Waals surface area (Å²) in [5.41, 5.74) is 0.857. The lowest BCUT2D eigenvalue weighted by molar-refractivity contribution is 0.280. The van der Waals surface area contributed by atoms with E-state index in [-0.39, 0.29) is 11.0 Å². The van der Waals surface area contributed by atoms with Crippen molar-refractivity contribution in [2.75, 3.05) is 13.7 Å². The van der Waals surface area contributed by atoms with Crippen LogP contribution in [-0.4, -0.2) is 13.7 Å².